The summed E-state index contributed by atoms with van der Waals surface area (Å²) in [5, 5.41) is 28.8. The Morgan fingerprint density at radius 2 is 2.06 bits per heavy atom. The maximum atomic E-state index is 8.88. The lowest BCUT2D eigenvalue weighted by molar-refractivity contribution is 0.339. The van der Waals surface area contributed by atoms with Crippen LogP contribution in [0, 0.1) is 34.0 Å². The van der Waals surface area contributed by atoms with Crippen molar-refractivity contribution < 1.29 is 4.74 Å². The number of benzene rings is 1. The second kappa shape index (κ2) is 6.58. The zero-order valence-electron chi connectivity index (χ0n) is 9.77. The van der Waals surface area contributed by atoms with E-state index in [9.17, 15) is 0 Å². The van der Waals surface area contributed by atoms with Gasteiger partial charge in [-0.2, -0.15) is 15.8 Å². The maximum absolute atomic E-state index is 8.88. The first-order valence-electron chi connectivity index (χ1n) is 5.19. The Kier molecular flexibility index (Phi) is 4.79. The third-order valence-electron chi connectivity index (χ3n) is 2.03. The summed E-state index contributed by atoms with van der Waals surface area (Å²) in [6.45, 7) is 2.28. The van der Waals surface area contributed by atoms with Gasteiger partial charge in [0, 0.05) is 18.0 Å². The van der Waals surface area contributed by atoms with Crippen molar-refractivity contribution in [1.29, 1.82) is 15.8 Å². The standard InChI is InChI=1S/C13H10N4O/c1-2-18-13-5-12(4-3-11(13)8-16)17-9-10(6-14)7-15/h3-5,9,17H,2H2,1H3. The van der Waals surface area contributed by atoms with E-state index in [1.165, 1.54) is 6.20 Å². The zero-order valence-corrected chi connectivity index (χ0v) is 9.77. The van der Waals surface area contributed by atoms with Gasteiger partial charge in [-0.1, -0.05) is 0 Å². The first-order chi connectivity index (χ1) is 8.74. The highest BCUT2D eigenvalue weighted by Gasteiger charge is 2.03. The van der Waals surface area contributed by atoms with Crippen LogP contribution in [0.4, 0.5) is 5.69 Å². The molecule has 1 N–H and O–H groups in total. The van der Waals surface area contributed by atoms with Crippen molar-refractivity contribution in [1.82, 2.24) is 0 Å². The zero-order chi connectivity index (χ0) is 13.4. The maximum Gasteiger partial charge on any atom is 0.145 e. The Bertz CT molecular complexity index is 568. The molecule has 0 bridgehead atoms. The summed E-state index contributed by atoms with van der Waals surface area (Å²) in [7, 11) is 0. The predicted octanol–water partition coefficient (Wildman–Crippen LogP) is 2.30. The van der Waals surface area contributed by atoms with Crippen molar-refractivity contribution >= 4 is 5.69 Å². The summed E-state index contributed by atoms with van der Waals surface area (Å²) in [5.74, 6) is 0.467. The van der Waals surface area contributed by atoms with E-state index in [1.54, 1.807) is 30.3 Å². The molecule has 18 heavy (non-hydrogen) atoms. The van der Waals surface area contributed by atoms with Crippen molar-refractivity contribution in [2.75, 3.05) is 11.9 Å². The number of hydrogen-bond acceptors (Lipinski definition) is 5. The van der Waals surface area contributed by atoms with Crippen LogP contribution in [-0.4, -0.2) is 6.61 Å². The molecule has 0 spiro atoms. The monoisotopic (exact) mass is 238 g/mol. The third-order valence-corrected chi connectivity index (χ3v) is 2.03. The first-order valence-corrected chi connectivity index (χ1v) is 5.19. The Morgan fingerprint density at radius 3 is 2.61 bits per heavy atom. The summed E-state index contributed by atoms with van der Waals surface area (Å²) in [6.07, 6.45) is 1.30. The highest BCUT2D eigenvalue weighted by Crippen LogP contribution is 2.22. The van der Waals surface area contributed by atoms with Crippen LogP contribution in [0.25, 0.3) is 0 Å². The van der Waals surface area contributed by atoms with Crippen LogP contribution < -0.4 is 10.1 Å². The van der Waals surface area contributed by atoms with Crippen molar-refractivity contribution in [3.8, 4) is 24.0 Å². The van der Waals surface area contributed by atoms with E-state index in [4.69, 9.17) is 20.5 Å². The third kappa shape index (κ3) is 3.27. The highest BCUT2D eigenvalue weighted by atomic mass is 16.5. The van der Waals surface area contributed by atoms with Gasteiger partial charge in [-0.25, -0.2) is 0 Å². The summed E-state index contributed by atoms with van der Waals surface area (Å²) in [6, 6.07) is 10.4. The topological polar surface area (TPSA) is 92.6 Å². The molecule has 0 atom stereocenters. The summed E-state index contributed by atoms with van der Waals surface area (Å²) >= 11 is 0. The molecule has 0 saturated heterocycles. The average Bonchev–Trinajstić information content (AvgIpc) is 2.40. The lowest BCUT2D eigenvalue weighted by Gasteiger charge is -2.07. The molecule has 5 heteroatoms. The number of nitrogens with one attached hydrogen (secondary N) is 1. The fourth-order valence-electron chi connectivity index (χ4n) is 1.22. The lowest BCUT2D eigenvalue weighted by atomic mass is 10.2. The molecule has 0 heterocycles. The van der Waals surface area contributed by atoms with E-state index in [1.807, 2.05) is 13.0 Å². The normalized spacial score (nSPS) is 8.33. The fraction of sp³-hybridized carbons (Fsp3) is 0.154. The van der Waals surface area contributed by atoms with Gasteiger partial charge in [-0.15, -0.1) is 0 Å². The molecule has 1 aromatic rings. The van der Waals surface area contributed by atoms with E-state index in [2.05, 4.69) is 5.32 Å². The van der Waals surface area contributed by atoms with Gasteiger partial charge < -0.3 is 10.1 Å². The van der Waals surface area contributed by atoms with Crippen LogP contribution >= 0.6 is 0 Å². The molecule has 88 valence electrons. The van der Waals surface area contributed by atoms with Gasteiger partial charge in [-0.3, -0.25) is 0 Å². The van der Waals surface area contributed by atoms with Crippen molar-refractivity contribution in [2.24, 2.45) is 0 Å². The molecule has 1 aromatic carbocycles. The Morgan fingerprint density at radius 1 is 1.33 bits per heavy atom. The molecular formula is C13H10N4O. The first kappa shape index (κ1) is 13.1. The minimum absolute atomic E-state index is 0.0303. The molecule has 0 aliphatic carbocycles. The molecule has 5 nitrogen and oxygen atoms in total. The molecule has 1 rings (SSSR count). The predicted molar refractivity (Wildman–Crippen MR) is 65.3 cm³/mol. The minimum Gasteiger partial charge on any atom is -0.492 e. The summed E-state index contributed by atoms with van der Waals surface area (Å²) < 4.78 is 5.31. The van der Waals surface area contributed by atoms with E-state index < -0.39 is 0 Å². The number of allylic oxidation sites excluding steroid dienone is 1. The average molecular weight is 238 g/mol. The van der Waals surface area contributed by atoms with Gasteiger partial charge >= 0.3 is 0 Å². The molecule has 0 aromatic heterocycles. The van der Waals surface area contributed by atoms with Gasteiger partial charge in [0.2, 0.25) is 0 Å². The SMILES string of the molecule is CCOc1cc(NC=C(C#N)C#N)ccc1C#N. The molecule has 0 unspecified atom stereocenters. The van der Waals surface area contributed by atoms with E-state index in [0.717, 1.165) is 0 Å². The second-order valence-corrected chi connectivity index (χ2v) is 3.18. The smallest absolute Gasteiger partial charge is 0.145 e. The molecule has 0 amide bonds. The Hall–Kier alpha value is -2.97. The van der Waals surface area contributed by atoms with Crippen LogP contribution in [0.5, 0.6) is 5.75 Å². The molecular weight excluding hydrogens is 228 g/mol. The fourth-order valence-corrected chi connectivity index (χ4v) is 1.22. The van der Waals surface area contributed by atoms with Gasteiger partial charge in [0.05, 0.1) is 12.2 Å². The quantitative estimate of drug-likeness (QED) is 0.812. The lowest BCUT2D eigenvalue weighted by Crippen LogP contribution is -1.96. The van der Waals surface area contributed by atoms with Crippen molar-refractivity contribution in [2.45, 2.75) is 6.92 Å². The highest BCUT2D eigenvalue weighted by molar-refractivity contribution is 5.57. The number of nitrogens with zero attached hydrogens (tertiary/aromatic N) is 3. The largest absolute Gasteiger partial charge is 0.492 e. The number of anilines is 1. The Labute approximate surface area is 105 Å². The molecule has 0 aliphatic heterocycles. The van der Waals surface area contributed by atoms with Gasteiger partial charge in [0.1, 0.15) is 29.5 Å². The van der Waals surface area contributed by atoms with E-state index >= 15 is 0 Å². The summed E-state index contributed by atoms with van der Waals surface area (Å²) in [5.41, 5.74) is 1.05. The number of hydrogen-bond donors (Lipinski definition) is 1. The summed E-state index contributed by atoms with van der Waals surface area (Å²) in [4.78, 5) is 0. The molecule has 0 saturated carbocycles. The Balaban J connectivity index is 2.97. The van der Waals surface area contributed by atoms with Crippen molar-refractivity contribution in [3.63, 3.8) is 0 Å². The second-order valence-electron chi connectivity index (χ2n) is 3.18. The van der Waals surface area contributed by atoms with Crippen LogP contribution in [0.2, 0.25) is 0 Å². The number of ether oxygens (including phenoxy) is 1. The molecule has 0 aliphatic rings. The van der Waals surface area contributed by atoms with Gasteiger partial charge in [0.15, 0.2) is 0 Å². The molecule has 0 radical (unpaired) electrons. The van der Waals surface area contributed by atoms with Crippen LogP contribution in [0.3, 0.4) is 0 Å². The number of rotatable bonds is 4. The van der Waals surface area contributed by atoms with E-state index in [-0.39, 0.29) is 5.57 Å². The van der Waals surface area contributed by atoms with Crippen LogP contribution in [-0.2, 0) is 0 Å². The van der Waals surface area contributed by atoms with Crippen LogP contribution in [0.1, 0.15) is 12.5 Å². The van der Waals surface area contributed by atoms with E-state index in [0.29, 0.717) is 23.6 Å². The van der Waals surface area contributed by atoms with Crippen LogP contribution in [0.15, 0.2) is 30.0 Å². The minimum atomic E-state index is -0.0303. The van der Waals surface area contributed by atoms with Gasteiger partial charge in [-0.05, 0) is 19.1 Å². The van der Waals surface area contributed by atoms with Gasteiger partial charge in [0.25, 0.3) is 0 Å². The molecule has 0 fully saturated rings. The number of nitriles is 3. The van der Waals surface area contributed by atoms with Crippen molar-refractivity contribution in [3.05, 3.63) is 35.5 Å².